The molecule has 0 bridgehead atoms. The Balaban J connectivity index is 1.88. The van der Waals surface area contributed by atoms with Crippen LogP contribution in [-0.4, -0.2) is 23.6 Å². The van der Waals surface area contributed by atoms with Gasteiger partial charge in [-0.05, 0) is 42.8 Å². The molecular weight excluding hydrogens is 337 g/mol. The lowest BCUT2D eigenvalue weighted by molar-refractivity contribution is -0.124. The van der Waals surface area contributed by atoms with Gasteiger partial charge in [0.05, 0.1) is 6.04 Å². The Hall–Kier alpha value is -2.60. The molecule has 7 heteroatoms. The van der Waals surface area contributed by atoms with Gasteiger partial charge in [0.15, 0.2) is 6.61 Å². The number of rotatable bonds is 5. The lowest BCUT2D eigenvalue weighted by Gasteiger charge is -2.14. The Bertz CT molecular complexity index is 749. The van der Waals surface area contributed by atoms with E-state index in [4.69, 9.17) is 16.3 Å². The number of nitrogens with one attached hydrogen (secondary N) is 1. The van der Waals surface area contributed by atoms with Crippen LogP contribution in [0.15, 0.2) is 42.5 Å². The molecule has 126 valence electrons. The third kappa shape index (κ3) is 4.70. The quantitative estimate of drug-likeness (QED) is 0.811. The smallest absolute Gasteiger partial charge is 0.342 e. The van der Waals surface area contributed by atoms with Crippen molar-refractivity contribution in [3.8, 4) is 5.75 Å². The van der Waals surface area contributed by atoms with Gasteiger partial charge in [-0.1, -0.05) is 23.7 Å². The Kier molecular flexibility index (Phi) is 5.76. The largest absolute Gasteiger partial charge is 0.507 e. The molecule has 0 aliphatic rings. The number of amides is 1. The molecule has 2 aromatic carbocycles. The van der Waals surface area contributed by atoms with Gasteiger partial charge in [0, 0.05) is 5.02 Å². The zero-order chi connectivity index (χ0) is 17.7. The fourth-order valence-corrected chi connectivity index (χ4v) is 2.17. The van der Waals surface area contributed by atoms with E-state index in [0.29, 0.717) is 5.56 Å². The molecule has 0 heterocycles. The summed E-state index contributed by atoms with van der Waals surface area (Å²) >= 11 is 5.67. The number of halogens is 2. The predicted octanol–water partition coefficient (Wildman–Crippen LogP) is 3.22. The van der Waals surface area contributed by atoms with Gasteiger partial charge < -0.3 is 15.2 Å². The lowest BCUT2D eigenvalue weighted by Crippen LogP contribution is -2.31. The number of hydrogen-bond acceptors (Lipinski definition) is 4. The van der Waals surface area contributed by atoms with E-state index < -0.39 is 18.5 Å². The standard InChI is InChI=1S/C17H15ClFNO4/c1-10(11-2-5-13(19)6-3-11)20-16(22)9-24-17(23)14-7-4-12(18)8-15(14)21/h2-8,10,21H,9H2,1H3,(H,20,22)/t10-/m0/s1. The summed E-state index contributed by atoms with van der Waals surface area (Å²) in [7, 11) is 0. The van der Waals surface area contributed by atoms with Crippen LogP contribution in [0.2, 0.25) is 5.02 Å². The Morgan fingerprint density at radius 3 is 2.54 bits per heavy atom. The SMILES string of the molecule is C[C@H](NC(=O)COC(=O)c1ccc(Cl)cc1O)c1ccc(F)cc1. The highest BCUT2D eigenvalue weighted by Crippen LogP contribution is 2.22. The van der Waals surface area contributed by atoms with Crippen molar-refractivity contribution in [2.24, 2.45) is 0 Å². The molecule has 5 nitrogen and oxygen atoms in total. The number of esters is 1. The van der Waals surface area contributed by atoms with Crippen molar-refractivity contribution in [2.45, 2.75) is 13.0 Å². The average Bonchev–Trinajstić information content (AvgIpc) is 2.53. The molecule has 1 atom stereocenters. The Morgan fingerprint density at radius 2 is 1.92 bits per heavy atom. The number of ether oxygens (including phenoxy) is 1. The van der Waals surface area contributed by atoms with Crippen LogP contribution in [0.1, 0.15) is 28.9 Å². The highest BCUT2D eigenvalue weighted by atomic mass is 35.5. The summed E-state index contributed by atoms with van der Waals surface area (Å²) in [5, 5.41) is 12.5. The highest BCUT2D eigenvalue weighted by Gasteiger charge is 2.16. The van der Waals surface area contributed by atoms with E-state index in [-0.39, 0.29) is 28.2 Å². The summed E-state index contributed by atoms with van der Waals surface area (Å²) in [4.78, 5) is 23.7. The number of benzene rings is 2. The first-order chi connectivity index (χ1) is 11.4. The summed E-state index contributed by atoms with van der Waals surface area (Å²) in [5.41, 5.74) is 0.630. The molecule has 0 aliphatic heterocycles. The highest BCUT2D eigenvalue weighted by molar-refractivity contribution is 6.30. The number of hydrogen-bond donors (Lipinski definition) is 2. The van der Waals surface area contributed by atoms with Crippen molar-refractivity contribution in [2.75, 3.05) is 6.61 Å². The number of carbonyl (C=O) groups excluding carboxylic acids is 2. The van der Waals surface area contributed by atoms with Crippen molar-refractivity contribution < 1.29 is 23.8 Å². The van der Waals surface area contributed by atoms with Crippen LogP contribution in [0.4, 0.5) is 4.39 Å². The van der Waals surface area contributed by atoms with Crippen molar-refractivity contribution in [1.82, 2.24) is 5.32 Å². The molecule has 24 heavy (non-hydrogen) atoms. The maximum absolute atomic E-state index is 12.9. The maximum atomic E-state index is 12.9. The molecule has 2 rings (SSSR count). The normalized spacial score (nSPS) is 11.6. The predicted molar refractivity (Wildman–Crippen MR) is 86.4 cm³/mol. The molecule has 0 saturated carbocycles. The first-order valence-corrected chi connectivity index (χ1v) is 7.45. The average molecular weight is 352 g/mol. The van der Waals surface area contributed by atoms with Crippen LogP contribution in [0.3, 0.4) is 0 Å². The number of aromatic hydroxyl groups is 1. The van der Waals surface area contributed by atoms with Gasteiger partial charge in [-0.15, -0.1) is 0 Å². The molecule has 1 amide bonds. The number of phenolic OH excluding ortho intramolecular Hbond substituents is 1. The van der Waals surface area contributed by atoms with Gasteiger partial charge in [0.2, 0.25) is 0 Å². The van der Waals surface area contributed by atoms with Gasteiger partial charge in [0.25, 0.3) is 5.91 Å². The second kappa shape index (κ2) is 7.79. The van der Waals surface area contributed by atoms with Crippen LogP contribution in [0, 0.1) is 5.82 Å². The van der Waals surface area contributed by atoms with Crippen LogP contribution >= 0.6 is 11.6 Å². The van der Waals surface area contributed by atoms with E-state index in [0.717, 1.165) is 0 Å². The third-order valence-electron chi connectivity index (χ3n) is 3.26. The molecule has 0 aliphatic carbocycles. The summed E-state index contributed by atoms with van der Waals surface area (Å²) in [6.45, 7) is 1.21. The summed E-state index contributed by atoms with van der Waals surface area (Å²) < 4.78 is 17.7. The molecule has 0 unspecified atom stereocenters. The molecule has 0 spiro atoms. The van der Waals surface area contributed by atoms with Gasteiger partial charge >= 0.3 is 5.97 Å². The van der Waals surface area contributed by atoms with Crippen LogP contribution < -0.4 is 5.32 Å². The van der Waals surface area contributed by atoms with Crippen molar-refractivity contribution in [3.05, 3.63) is 64.4 Å². The lowest BCUT2D eigenvalue weighted by atomic mass is 10.1. The zero-order valence-electron chi connectivity index (χ0n) is 12.8. The molecule has 0 radical (unpaired) electrons. The van der Waals surface area contributed by atoms with E-state index in [1.165, 1.54) is 30.3 Å². The maximum Gasteiger partial charge on any atom is 0.342 e. The second-order valence-electron chi connectivity index (χ2n) is 5.08. The van der Waals surface area contributed by atoms with Crippen LogP contribution in [0.25, 0.3) is 0 Å². The molecule has 2 aromatic rings. The Morgan fingerprint density at radius 1 is 1.25 bits per heavy atom. The van der Waals surface area contributed by atoms with Crippen molar-refractivity contribution >= 4 is 23.5 Å². The van der Waals surface area contributed by atoms with E-state index in [1.54, 1.807) is 19.1 Å². The zero-order valence-corrected chi connectivity index (χ0v) is 13.5. The molecule has 2 N–H and O–H groups in total. The van der Waals surface area contributed by atoms with Crippen LogP contribution in [-0.2, 0) is 9.53 Å². The topological polar surface area (TPSA) is 75.6 Å². The monoisotopic (exact) mass is 351 g/mol. The van der Waals surface area contributed by atoms with Gasteiger partial charge in [-0.2, -0.15) is 0 Å². The minimum Gasteiger partial charge on any atom is -0.507 e. The molecule has 0 aromatic heterocycles. The minimum atomic E-state index is -0.839. The van der Waals surface area contributed by atoms with E-state index >= 15 is 0 Å². The van der Waals surface area contributed by atoms with E-state index in [1.807, 2.05) is 0 Å². The van der Waals surface area contributed by atoms with Crippen molar-refractivity contribution in [1.29, 1.82) is 0 Å². The van der Waals surface area contributed by atoms with Crippen LogP contribution in [0.5, 0.6) is 5.75 Å². The third-order valence-corrected chi connectivity index (χ3v) is 3.50. The number of carbonyl (C=O) groups is 2. The van der Waals surface area contributed by atoms with Gasteiger partial charge in [-0.3, -0.25) is 4.79 Å². The molecule has 0 saturated heterocycles. The van der Waals surface area contributed by atoms with Gasteiger partial charge in [0.1, 0.15) is 17.1 Å². The first kappa shape index (κ1) is 17.7. The fourth-order valence-electron chi connectivity index (χ4n) is 2.00. The second-order valence-corrected chi connectivity index (χ2v) is 5.51. The molecule has 0 fully saturated rings. The van der Waals surface area contributed by atoms with Gasteiger partial charge in [-0.25, -0.2) is 9.18 Å². The summed E-state index contributed by atoms with van der Waals surface area (Å²) in [6.07, 6.45) is 0. The Labute approximate surface area is 143 Å². The molecular formula is C17H15ClFNO4. The van der Waals surface area contributed by atoms with E-state index in [2.05, 4.69) is 5.32 Å². The minimum absolute atomic E-state index is 0.0845. The number of phenols is 1. The summed E-state index contributed by atoms with van der Waals surface area (Å²) in [6, 6.07) is 9.25. The summed E-state index contributed by atoms with van der Waals surface area (Å²) in [5.74, 6) is -2.05. The van der Waals surface area contributed by atoms with Crippen molar-refractivity contribution in [3.63, 3.8) is 0 Å². The van der Waals surface area contributed by atoms with E-state index in [9.17, 15) is 19.1 Å². The fraction of sp³-hybridized carbons (Fsp3) is 0.176. The first-order valence-electron chi connectivity index (χ1n) is 7.07.